The van der Waals surface area contributed by atoms with Gasteiger partial charge < -0.3 is 9.84 Å². The second-order valence-corrected chi connectivity index (χ2v) is 8.87. The van der Waals surface area contributed by atoms with Gasteiger partial charge in [-0.2, -0.15) is 8.42 Å². The second kappa shape index (κ2) is 6.13. The van der Waals surface area contributed by atoms with Crippen molar-refractivity contribution in [1.82, 2.24) is 0 Å². The van der Waals surface area contributed by atoms with E-state index in [1.807, 2.05) is 0 Å². The number of nitrogens with one attached hydrogen (secondary N) is 1. The molecule has 1 aromatic rings. The molecule has 0 unspecified atom stereocenters. The average molecular weight is 348 g/mol. The molecule has 2 rings (SSSR count). The number of hydrogen-bond acceptors (Lipinski definition) is 5. The number of methoxy groups -OCH3 is 1. The number of benzene rings is 1. The zero-order chi connectivity index (χ0) is 16.4. The summed E-state index contributed by atoms with van der Waals surface area (Å²) in [5.41, 5.74) is -0.171. The third-order valence-corrected chi connectivity index (χ3v) is 7.30. The normalized spacial score (nSPS) is 17.0. The van der Waals surface area contributed by atoms with E-state index in [-0.39, 0.29) is 28.5 Å². The fraction of sp³-hybridized carbons (Fsp3) is 0.417. The van der Waals surface area contributed by atoms with Gasteiger partial charge in [0, 0.05) is 11.5 Å². The van der Waals surface area contributed by atoms with Crippen LogP contribution < -0.4 is 9.46 Å². The summed E-state index contributed by atoms with van der Waals surface area (Å²) in [5.74, 6) is -0.563. The minimum Gasteiger partial charge on any atom is -0.495 e. The number of carboxylic acids is 1. The second-order valence-electron chi connectivity index (χ2n) is 4.76. The molecular formula is C12H16N2O6S2. The summed E-state index contributed by atoms with van der Waals surface area (Å²) in [4.78, 5) is 11.0. The largest absolute Gasteiger partial charge is 0.495 e. The third kappa shape index (κ3) is 3.89. The first-order valence-corrected chi connectivity index (χ1v) is 9.72. The summed E-state index contributed by atoms with van der Waals surface area (Å²) < 4.78 is 46.9. The van der Waals surface area contributed by atoms with Gasteiger partial charge in [-0.3, -0.25) is 4.72 Å². The molecule has 1 aliphatic rings. The zero-order valence-corrected chi connectivity index (χ0v) is 13.4. The van der Waals surface area contributed by atoms with Gasteiger partial charge in [-0.1, -0.05) is 3.77 Å². The number of rotatable bonds is 5. The van der Waals surface area contributed by atoms with Crippen molar-refractivity contribution in [3.05, 3.63) is 23.8 Å². The Labute approximate surface area is 128 Å². The van der Waals surface area contributed by atoms with E-state index in [1.165, 1.54) is 19.2 Å². The Morgan fingerprint density at radius 3 is 2.55 bits per heavy atom. The Morgan fingerprint density at radius 1 is 1.36 bits per heavy atom. The van der Waals surface area contributed by atoms with Gasteiger partial charge in [-0.15, -0.1) is 0 Å². The molecule has 0 aromatic heterocycles. The fourth-order valence-electron chi connectivity index (χ4n) is 2.09. The lowest BCUT2D eigenvalue weighted by Crippen LogP contribution is -2.15. The minimum absolute atomic E-state index is 0.0628. The molecule has 0 atom stereocenters. The molecule has 10 heteroatoms. The molecule has 1 aromatic carbocycles. The monoisotopic (exact) mass is 348 g/mol. The van der Waals surface area contributed by atoms with Crippen LogP contribution in [0.4, 0.5) is 5.69 Å². The van der Waals surface area contributed by atoms with Gasteiger partial charge in [0.15, 0.2) is 0 Å². The van der Waals surface area contributed by atoms with Crippen LogP contribution in [0.2, 0.25) is 0 Å². The molecule has 0 saturated carbocycles. The number of aromatic carboxylic acids is 1. The van der Waals surface area contributed by atoms with Gasteiger partial charge in [0.2, 0.25) is 0 Å². The molecule has 22 heavy (non-hydrogen) atoms. The van der Waals surface area contributed by atoms with Crippen LogP contribution in [0.25, 0.3) is 0 Å². The lowest BCUT2D eigenvalue weighted by atomic mass is 10.2. The quantitative estimate of drug-likeness (QED) is 0.827. The average Bonchev–Trinajstić information content (AvgIpc) is 2.83. The molecule has 0 bridgehead atoms. The highest BCUT2D eigenvalue weighted by Gasteiger charge is 2.22. The van der Waals surface area contributed by atoms with Crippen molar-refractivity contribution < 1.29 is 27.3 Å². The number of ether oxygens (including phenoxy) is 1. The summed E-state index contributed by atoms with van der Waals surface area (Å²) in [6.45, 7) is 0. The Kier molecular flexibility index (Phi) is 4.61. The zero-order valence-electron chi connectivity index (χ0n) is 11.8. The van der Waals surface area contributed by atoms with Gasteiger partial charge in [0.05, 0.1) is 28.1 Å². The molecule has 0 aliphatic carbocycles. The standard InChI is InChI=1S/C12H16N2O6S2/c1-20-11-5-4-9(12(15)16)8-10(11)13-22(18,19)14-21(17)6-2-3-7-21/h4-5,8,13H,2-3,6-7H2,1H3,(H,15,16). The first-order valence-electron chi connectivity index (χ1n) is 6.42. The topological polar surface area (TPSA) is 122 Å². The Bertz CT molecular complexity index is 797. The highest BCUT2D eigenvalue weighted by Crippen LogP contribution is 2.27. The summed E-state index contributed by atoms with van der Waals surface area (Å²) in [5, 5.41) is 8.95. The molecule has 1 fully saturated rings. The lowest BCUT2D eigenvalue weighted by Gasteiger charge is -2.11. The van der Waals surface area contributed by atoms with Gasteiger partial charge in [0.1, 0.15) is 5.75 Å². The van der Waals surface area contributed by atoms with E-state index in [0.29, 0.717) is 12.8 Å². The van der Waals surface area contributed by atoms with Crippen LogP contribution in [-0.2, 0) is 19.9 Å². The van der Waals surface area contributed by atoms with Crippen molar-refractivity contribution >= 4 is 31.6 Å². The van der Waals surface area contributed by atoms with Gasteiger partial charge in [-0.05, 0) is 31.0 Å². The number of carbonyl (C=O) groups is 1. The SMILES string of the molecule is COc1ccc(C(=O)O)cc1NS(=O)(=O)N=S1(=O)CCCC1. The number of anilines is 1. The maximum atomic E-state index is 12.2. The predicted octanol–water partition coefficient (Wildman–Crippen LogP) is 1.31. The summed E-state index contributed by atoms with van der Waals surface area (Å²) in [7, 11) is -5.66. The third-order valence-electron chi connectivity index (χ3n) is 3.10. The van der Waals surface area contributed by atoms with E-state index in [1.54, 1.807) is 0 Å². The van der Waals surface area contributed by atoms with Crippen molar-refractivity contribution in [2.45, 2.75) is 12.8 Å². The first-order chi connectivity index (χ1) is 10.2. The van der Waals surface area contributed by atoms with Crippen LogP contribution in [0.5, 0.6) is 5.75 Å². The molecule has 0 amide bonds. The summed E-state index contributed by atoms with van der Waals surface area (Å²) >= 11 is 0. The number of nitrogens with zero attached hydrogens (tertiary/aromatic N) is 1. The van der Waals surface area contributed by atoms with Crippen molar-refractivity contribution in [3.8, 4) is 5.75 Å². The molecule has 0 spiro atoms. The van der Waals surface area contributed by atoms with Crippen molar-refractivity contribution in [2.24, 2.45) is 3.77 Å². The van der Waals surface area contributed by atoms with Crippen molar-refractivity contribution in [1.29, 1.82) is 0 Å². The van der Waals surface area contributed by atoms with E-state index in [9.17, 15) is 17.4 Å². The smallest absolute Gasteiger partial charge is 0.350 e. The first kappa shape index (κ1) is 16.6. The van der Waals surface area contributed by atoms with E-state index in [2.05, 4.69) is 8.49 Å². The minimum atomic E-state index is -4.22. The molecule has 1 saturated heterocycles. The Balaban J connectivity index is 2.39. The van der Waals surface area contributed by atoms with E-state index < -0.39 is 25.9 Å². The summed E-state index contributed by atoms with van der Waals surface area (Å²) in [6, 6.07) is 3.74. The van der Waals surface area contributed by atoms with Crippen LogP contribution >= 0.6 is 0 Å². The van der Waals surface area contributed by atoms with Crippen LogP contribution in [0.15, 0.2) is 22.0 Å². The summed E-state index contributed by atoms with van der Waals surface area (Å²) in [6.07, 6.45) is 1.35. The van der Waals surface area contributed by atoms with Crippen LogP contribution in [0.3, 0.4) is 0 Å². The fourth-order valence-corrected chi connectivity index (χ4v) is 6.22. The molecule has 122 valence electrons. The van der Waals surface area contributed by atoms with Crippen LogP contribution in [0, 0.1) is 0 Å². The van der Waals surface area contributed by atoms with E-state index in [4.69, 9.17) is 9.84 Å². The molecule has 8 nitrogen and oxygen atoms in total. The molecule has 2 N–H and O–H groups in total. The maximum absolute atomic E-state index is 12.2. The van der Waals surface area contributed by atoms with Crippen molar-refractivity contribution in [2.75, 3.05) is 23.3 Å². The molecular weight excluding hydrogens is 332 g/mol. The highest BCUT2D eigenvalue weighted by molar-refractivity contribution is 8.03. The van der Waals surface area contributed by atoms with Gasteiger partial charge >= 0.3 is 16.2 Å². The Morgan fingerprint density at radius 2 is 2.00 bits per heavy atom. The van der Waals surface area contributed by atoms with Crippen LogP contribution in [-0.4, -0.2) is 42.3 Å². The highest BCUT2D eigenvalue weighted by atomic mass is 32.3. The Hall–Kier alpha value is -1.81. The lowest BCUT2D eigenvalue weighted by molar-refractivity contribution is 0.0697. The van der Waals surface area contributed by atoms with E-state index >= 15 is 0 Å². The molecule has 0 radical (unpaired) electrons. The molecule has 1 heterocycles. The van der Waals surface area contributed by atoms with E-state index in [0.717, 1.165) is 6.07 Å². The number of hydrogen-bond donors (Lipinski definition) is 2. The van der Waals surface area contributed by atoms with Gasteiger partial charge in [-0.25, -0.2) is 9.00 Å². The van der Waals surface area contributed by atoms with Crippen LogP contribution in [0.1, 0.15) is 23.2 Å². The predicted molar refractivity (Wildman–Crippen MR) is 82.0 cm³/mol. The van der Waals surface area contributed by atoms with Gasteiger partial charge in [0.25, 0.3) is 0 Å². The number of carboxylic acid groups (broad SMARTS) is 1. The molecule has 1 aliphatic heterocycles. The maximum Gasteiger partial charge on any atom is 0.350 e. The van der Waals surface area contributed by atoms with Crippen molar-refractivity contribution in [3.63, 3.8) is 0 Å².